The van der Waals surface area contributed by atoms with Gasteiger partial charge in [0.15, 0.2) is 0 Å². The van der Waals surface area contributed by atoms with Crippen LogP contribution in [0, 0.1) is 17.5 Å². The van der Waals surface area contributed by atoms with Crippen LogP contribution in [0.3, 0.4) is 0 Å². The second-order valence-corrected chi connectivity index (χ2v) is 8.00. The molecule has 0 fully saturated rings. The van der Waals surface area contributed by atoms with E-state index in [4.69, 9.17) is 0 Å². The molecule has 0 nitrogen and oxygen atoms in total. The minimum absolute atomic E-state index is 0.156. The number of hydrogen-bond donors (Lipinski definition) is 0. The maximum Gasteiger partial charge on any atom is 0.134 e. The largest absolute Gasteiger partial charge is 0.207 e. The van der Waals surface area contributed by atoms with Crippen molar-refractivity contribution in [2.75, 3.05) is 0 Å². The maximum absolute atomic E-state index is 15.0. The molecule has 4 rings (SSSR count). The average molecular weight is 419 g/mol. The maximum atomic E-state index is 15.0. The summed E-state index contributed by atoms with van der Waals surface area (Å²) < 4.78 is 42.3. The first-order chi connectivity index (χ1) is 15.0. The first-order valence-electron chi connectivity index (χ1n) is 10.7. The van der Waals surface area contributed by atoms with Crippen LogP contribution in [-0.2, 0) is 32.1 Å². The summed E-state index contributed by atoms with van der Waals surface area (Å²) in [5.41, 5.74) is 4.40. The average Bonchev–Trinajstić information content (AvgIpc) is 2.79. The molecule has 0 aliphatic heterocycles. The highest BCUT2D eigenvalue weighted by atomic mass is 19.1. The number of rotatable bonds is 7. The van der Waals surface area contributed by atoms with E-state index in [1.807, 2.05) is 49.4 Å². The van der Waals surface area contributed by atoms with Crippen molar-refractivity contribution < 1.29 is 13.2 Å². The van der Waals surface area contributed by atoms with Crippen molar-refractivity contribution in [1.82, 2.24) is 0 Å². The zero-order valence-electron chi connectivity index (χ0n) is 17.6. The summed E-state index contributed by atoms with van der Waals surface area (Å²) >= 11 is 0. The first-order valence-corrected chi connectivity index (χ1v) is 10.7. The van der Waals surface area contributed by atoms with E-state index in [-0.39, 0.29) is 17.5 Å². The van der Waals surface area contributed by atoms with Gasteiger partial charge < -0.3 is 0 Å². The van der Waals surface area contributed by atoms with Crippen LogP contribution in [0.5, 0.6) is 0 Å². The minimum atomic E-state index is -0.267. The van der Waals surface area contributed by atoms with Gasteiger partial charge in [-0.1, -0.05) is 61.5 Å². The van der Waals surface area contributed by atoms with Crippen LogP contribution < -0.4 is 0 Å². The summed E-state index contributed by atoms with van der Waals surface area (Å²) in [5.74, 6) is -0.624. The fraction of sp³-hybridized carbons (Fsp3) is 0.214. The lowest BCUT2D eigenvalue weighted by atomic mass is 9.97. The van der Waals surface area contributed by atoms with Crippen molar-refractivity contribution in [3.8, 4) is 0 Å². The van der Waals surface area contributed by atoms with Gasteiger partial charge in [0.2, 0.25) is 0 Å². The molecule has 0 saturated heterocycles. The summed E-state index contributed by atoms with van der Waals surface area (Å²) in [5, 5.41) is 1.45. The molecule has 158 valence electrons. The Bertz CT molecular complexity index is 1190. The van der Waals surface area contributed by atoms with Gasteiger partial charge in [0.05, 0.1) is 0 Å². The Morgan fingerprint density at radius 2 is 1.23 bits per heavy atom. The summed E-state index contributed by atoms with van der Waals surface area (Å²) in [6.07, 6.45) is 3.34. The van der Waals surface area contributed by atoms with Gasteiger partial charge in [-0.3, -0.25) is 0 Å². The predicted molar refractivity (Wildman–Crippen MR) is 121 cm³/mol. The standard InChI is InChI=1S/C28H25F3/c1-2-19-3-9-22(27(30)18-19)10-5-21-8-16-26-24(17-21)13-12-23(28(26)31)11-4-20-6-14-25(29)15-7-20/h3,6-9,12-18H,2,4-5,10-11H2,1H3. The summed E-state index contributed by atoms with van der Waals surface area (Å²) in [6, 6.07) is 21.3. The SMILES string of the molecule is CCc1ccc(CCc2ccc3c(F)c(CCc4ccc(F)cc4)ccc3c2)c(F)c1. The quantitative estimate of drug-likeness (QED) is 0.293. The van der Waals surface area contributed by atoms with Crippen LogP contribution in [0.25, 0.3) is 10.8 Å². The fourth-order valence-electron chi connectivity index (χ4n) is 3.96. The Morgan fingerprint density at radius 3 is 1.97 bits per heavy atom. The molecule has 4 aromatic rings. The predicted octanol–water partition coefficient (Wildman–Crippen LogP) is 7.39. The Balaban J connectivity index is 1.47. The summed E-state index contributed by atoms with van der Waals surface area (Å²) in [4.78, 5) is 0. The monoisotopic (exact) mass is 418 g/mol. The van der Waals surface area contributed by atoms with E-state index in [1.165, 1.54) is 12.1 Å². The fourth-order valence-corrected chi connectivity index (χ4v) is 3.96. The summed E-state index contributed by atoms with van der Waals surface area (Å²) in [7, 11) is 0. The van der Waals surface area contributed by atoms with E-state index in [9.17, 15) is 8.78 Å². The Hall–Kier alpha value is -3.07. The topological polar surface area (TPSA) is 0 Å². The highest BCUT2D eigenvalue weighted by molar-refractivity contribution is 5.84. The lowest BCUT2D eigenvalue weighted by Crippen LogP contribution is -1.98. The Kier molecular flexibility index (Phi) is 6.41. The van der Waals surface area contributed by atoms with Gasteiger partial charge in [0.25, 0.3) is 0 Å². The molecule has 0 heterocycles. The van der Waals surface area contributed by atoms with Crippen molar-refractivity contribution >= 4 is 10.8 Å². The lowest BCUT2D eigenvalue weighted by molar-refractivity contribution is 0.606. The van der Waals surface area contributed by atoms with Crippen LogP contribution in [-0.4, -0.2) is 0 Å². The van der Waals surface area contributed by atoms with Crippen LogP contribution in [0.4, 0.5) is 13.2 Å². The number of aryl methyl sites for hydroxylation is 5. The van der Waals surface area contributed by atoms with Crippen molar-refractivity contribution in [3.05, 3.63) is 118 Å². The number of halogens is 3. The molecule has 3 heteroatoms. The Morgan fingerprint density at radius 1 is 0.581 bits per heavy atom. The molecule has 4 aromatic carbocycles. The van der Waals surface area contributed by atoms with E-state index in [1.54, 1.807) is 18.2 Å². The minimum Gasteiger partial charge on any atom is -0.207 e. The van der Waals surface area contributed by atoms with Crippen LogP contribution in [0.15, 0.2) is 72.8 Å². The zero-order chi connectivity index (χ0) is 21.8. The van der Waals surface area contributed by atoms with E-state index in [2.05, 4.69) is 0 Å². The van der Waals surface area contributed by atoms with Crippen LogP contribution in [0.2, 0.25) is 0 Å². The molecule has 0 N–H and O–H groups in total. The summed E-state index contributed by atoms with van der Waals surface area (Å²) in [6.45, 7) is 2.01. The van der Waals surface area contributed by atoms with E-state index in [0.29, 0.717) is 42.2 Å². The second-order valence-electron chi connectivity index (χ2n) is 8.00. The van der Waals surface area contributed by atoms with Gasteiger partial charge >= 0.3 is 0 Å². The van der Waals surface area contributed by atoms with Gasteiger partial charge in [0, 0.05) is 5.39 Å². The van der Waals surface area contributed by atoms with Gasteiger partial charge in [-0.05, 0) is 83.5 Å². The van der Waals surface area contributed by atoms with Crippen molar-refractivity contribution in [1.29, 1.82) is 0 Å². The number of benzene rings is 4. The molecule has 0 radical (unpaired) electrons. The van der Waals surface area contributed by atoms with Gasteiger partial charge in [-0.25, -0.2) is 13.2 Å². The zero-order valence-corrected chi connectivity index (χ0v) is 17.6. The van der Waals surface area contributed by atoms with Gasteiger partial charge in [-0.2, -0.15) is 0 Å². The molecule has 0 bridgehead atoms. The third-order valence-corrected chi connectivity index (χ3v) is 5.90. The molecular formula is C28H25F3. The molecule has 0 atom stereocenters. The van der Waals surface area contributed by atoms with Gasteiger partial charge in [0.1, 0.15) is 17.5 Å². The van der Waals surface area contributed by atoms with Crippen molar-refractivity contribution in [3.63, 3.8) is 0 Å². The normalized spacial score (nSPS) is 11.2. The van der Waals surface area contributed by atoms with Crippen molar-refractivity contribution in [2.45, 2.75) is 39.0 Å². The molecule has 0 aliphatic carbocycles. The first kappa shape index (κ1) is 21.2. The second kappa shape index (κ2) is 9.38. The van der Waals surface area contributed by atoms with Gasteiger partial charge in [-0.15, -0.1) is 0 Å². The van der Waals surface area contributed by atoms with Crippen LogP contribution >= 0.6 is 0 Å². The molecule has 0 aromatic heterocycles. The Labute approximate surface area is 181 Å². The highest BCUT2D eigenvalue weighted by Gasteiger charge is 2.10. The lowest BCUT2D eigenvalue weighted by Gasteiger charge is -2.10. The third-order valence-electron chi connectivity index (χ3n) is 5.90. The molecular weight excluding hydrogens is 393 g/mol. The molecule has 0 spiro atoms. The molecule has 31 heavy (non-hydrogen) atoms. The van der Waals surface area contributed by atoms with E-state index < -0.39 is 0 Å². The van der Waals surface area contributed by atoms with E-state index >= 15 is 4.39 Å². The molecule has 0 saturated carbocycles. The smallest absolute Gasteiger partial charge is 0.134 e. The molecule has 0 aliphatic rings. The highest BCUT2D eigenvalue weighted by Crippen LogP contribution is 2.24. The number of fused-ring (bicyclic) bond motifs is 1. The van der Waals surface area contributed by atoms with E-state index in [0.717, 1.165) is 28.5 Å². The molecule has 0 amide bonds. The molecule has 0 unspecified atom stereocenters. The number of hydrogen-bond acceptors (Lipinski definition) is 0. The third kappa shape index (κ3) is 4.99. The van der Waals surface area contributed by atoms with Crippen molar-refractivity contribution in [2.24, 2.45) is 0 Å². The van der Waals surface area contributed by atoms with Crippen LogP contribution in [0.1, 0.15) is 34.7 Å².